The first-order chi connectivity index (χ1) is 8.38. The number of hydrogen-bond donors (Lipinski definition) is 1. The second-order valence-corrected chi connectivity index (χ2v) is 3.66. The van der Waals surface area contributed by atoms with Crippen LogP contribution in [0.15, 0.2) is 42.7 Å². The molecule has 0 aliphatic heterocycles. The van der Waals surface area contributed by atoms with E-state index in [0.717, 1.165) is 22.7 Å². The monoisotopic (exact) mass is 225 g/mol. The molecule has 0 saturated carbocycles. The van der Waals surface area contributed by atoms with Crippen LogP contribution in [0.1, 0.15) is 5.69 Å². The van der Waals surface area contributed by atoms with Crippen LogP contribution in [0.2, 0.25) is 0 Å². The minimum Gasteiger partial charge on any atom is -0.325 e. The Hall–Kier alpha value is -2.27. The molecule has 0 aliphatic carbocycles. The van der Waals surface area contributed by atoms with Crippen LogP contribution in [0.5, 0.6) is 0 Å². The molecule has 5 nitrogen and oxygen atoms in total. The number of fused-ring (bicyclic) bond motifs is 1. The molecule has 84 valence electrons. The predicted molar refractivity (Wildman–Crippen MR) is 64.1 cm³/mol. The number of nitrogens with zero attached hydrogens (tertiary/aromatic N) is 4. The summed E-state index contributed by atoms with van der Waals surface area (Å²) in [6, 6.07) is 9.56. The normalized spacial score (nSPS) is 10.9. The standard InChI is InChI=1S/C12H11N5/c13-7-9-8-15-12-5-4-11(16-17(9)12)10-3-1-2-6-14-10/h1-6,8H,7,13H2. The van der Waals surface area contributed by atoms with Crippen LogP contribution in [-0.4, -0.2) is 19.6 Å². The fourth-order valence-corrected chi connectivity index (χ4v) is 1.71. The number of pyridine rings is 1. The molecule has 0 spiro atoms. The van der Waals surface area contributed by atoms with Crippen molar-refractivity contribution in [3.05, 3.63) is 48.4 Å². The average Bonchev–Trinajstić information content (AvgIpc) is 2.81. The molecule has 5 heteroatoms. The number of rotatable bonds is 2. The summed E-state index contributed by atoms with van der Waals surface area (Å²) < 4.78 is 1.75. The highest BCUT2D eigenvalue weighted by Gasteiger charge is 2.05. The fraction of sp³-hybridized carbons (Fsp3) is 0.0833. The lowest BCUT2D eigenvalue weighted by molar-refractivity contribution is 0.848. The van der Waals surface area contributed by atoms with Crippen LogP contribution in [0.4, 0.5) is 0 Å². The van der Waals surface area contributed by atoms with Gasteiger partial charge >= 0.3 is 0 Å². The number of nitrogens with two attached hydrogens (primary N) is 1. The van der Waals surface area contributed by atoms with E-state index in [-0.39, 0.29) is 0 Å². The van der Waals surface area contributed by atoms with E-state index < -0.39 is 0 Å². The van der Waals surface area contributed by atoms with Crippen molar-refractivity contribution >= 4 is 5.65 Å². The van der Waals surface area contributed by atoms with Crippen LogP contribution in [0, 0.1) is 0 Å². The Kier molecular flexibility index (Phi) is 2.31. The number of aromatic nitrogens is 4. The van der Waals surface area contributed by atoms with Gasteiger partial charge in [-0.15, -0.1) is 0 Å². The molecule has 3 rings (SSSR count). The molecule has 0 radical (unpaired) electrons. The summed E-state index contributed by atoms with van der Waals surface area (Å²) in [7, 11) is 0. The zero-order chi connectivity index (χ0) is 11.7. The number of hydrogen-bond acceptors (Lipinski definition) is 4. The highest BCUT2D eigenvalue weighted by Crippen LogP contribution is 2.14. The Labute approximate surface area is 97.9 Å². The van der Waals surface area contributed by atoms with Gasteiger partial charge < -0.3 is 5.73 Å². The van der Waals surface area contributed by atoms with E-state index in [1.807, 2.05) is 30.3 Å². The van der Waals surface area contributed by atoms with Crippen LogP contribution >= 0.6 is 0 Å². The van der Waals surface area contributed by atoms with E-state index >= 15 is 0 Å². The van der Waals surface area contributed by atoms with Gasteiger partial charge in [0.1, 0.15) is 5.69 Å². The molecule has 3 heterocycles. The maximum atomic E-state index is 5.63. The van der Waals surface area contributed by atoms with Gasteiger partial charge in [0.2, 0.25) is 0 Å². The van der Waals surface area contributed by atoms with Gasteiger partial charge in [0, 0.05) is 12.7 Å². The highest BCUT2D eigenvalue weighted by atomic mass is 15.3. The molecule has 0 aromatic carbocycles. The van der Waals surface area contributed by atoms with E-state index in [0.29, 0.717) is 6.54 Å². The molecule has 0 aliphatic rings. The molecular formula is C12H11N5. The summed E-state index contributed by atoms with van der Waals surface area (Å²) in [5.41, 5.74) is 8.97. The topological polar surface area (TPSA) is 69.1 Å². The first-order valence-electron chi connectivity index (χ1n) is 5.33. The summed E-state index contributed by atoms with van der Waals surface area (Å²) in [6.45, 7) is 0.417. The van der Waals surface area contributed by atoms with Crippen molar-refractivity contribution < 1.29 is 0 Å². The molecule has 17 heavy (non-hydrogen) atoms. The lowest BCUT2D eigenvalue weighted by atomic mass is 10.2. The minimum absolute atomic E-state index is 0.417. The molecule has 0 amide bonds. The Balaban J connectivity index is 2.19. The molecule has 0 fully saturated rings. The summed E-state index contributed by atoms with van der Waals surface area (Å²) in [4.78, 5) is 8.49. The molecule has 0 atom stereocenters. The van der Waals surface area contributed by atoms with E-state index in [2.05, 4.69) is 15.1 Å². The second kappa shape index (κ2) is 3.95. The van der Waals surface area contributed by atoms with Crippen LogP contribution < -0.4 is 5.73 Å². The first kappa shape index (κ1) is 9.92. The van der Waals surface area contributed by atoms with Gasteiger partial charge in [-0.1, -0.05) is 6.07 Å². The summed E-state index contributed by atoms with van der Waals surface area (Å²) in [5.74, 6) is 0. The van der Waals surface area contributed by atoms with Crippen LogP contribution in [-0.2, 0) is 6.54 Å². The maximum Gasteiger partial charge on any atom is 0.153 e. The maximum absolute atomic E-state index is 5.63. The van der Waals surface area contributed by atoms with Gasteiger partial charge in [0.25, 0.3) is 0 Å². The van der Waals surface area contributed by atoms with Gasteiger partial charge in [-0.2, -0.15) is 5.10 Å². The van der Waals surface area contributed by atoms with Gasteiger partial charge in [0.15, 0.2) is 5.65 Å². The Bertz CT molecular complexity index is 644. The molecule has 2 N–H and O–H groups in total. The van der Waals surface area contributed by atoms with Crippen molar-refractivity contribution in [1.29, 1.82) is 0 Å². The molecule has 0 saturated heterocycles. The van der Waals surface area contributed by atoms with E-state index in [9.17, 15) is 0 Å². The zero-order valence-electron chi connectivity index (χ0n) is 9.11. The largest absolute Gasteiger partial charge is 0.325 e. The molecule has 0 unspecified atom stereocenters. The fourth-order valence-electron chi connectivity index (χ4n) is 1.71. The zero-order valence-corrected chi connectivity index (χ0v) is 9.11. The van der Waals surface area contributed by atoms with Crippen molar-refractivity contribution in [2.75, 3.05) is 0 Å². The van der Waals surface area contributed by atoms with Crippen molar-refractivity contribution in [3.8, 4) is 11.4 Å². The van der Waals surface area contributed by atoms with Gasteiger partial charge in [-0.25, -0.2) is 9.50 Å². The third-order valence-corrected chi connectivity index (χ3v) is 2.57. The summed E-state index contributed by atoms with van der Waals surface area (Å²) >= 11 is 0. The van der Waals surface area contributed by atoms with Crippen LogP contribution in [0.25, 0.3) is 17.0 Å². The van der Waals surface area contributed by atoms with E-state index in [1.165, 1.54) is 0 Å². The van der Waals surface area contributed by atoms with Crippen molar-refractivity contribution in [1.82, 2.24) is 19.6 Å². The Morgan fingerprint density at radius 3 is 2.76 bits per heavy atom. The Morgan fingerprint density at radius 1 is 1.06 bits per heavy atom. The quantitative estimate of drug-likeness (QED) is 0.712. The van der Waals surface area contributed by atoms with Crippen LogP contribution in [0.3, 0.4) is 0 Å². The van der Waals surface area contributed by atoms with E-state index in [4.69, 9.17) is 5.73 Å². The molecule has 3 aromatic rings. The third-order valence-electron chi connectivity index (χ3n) is 2.57. The van der Waals surface area contributed by atoms with Gasteiger partial charge in [0.05, 0.1) is 17.6 Å². The van der Waals surface area contributed by atoms with Crippen molar-refractivity contribution in [2.45, 2.75) is 6.54 Å². The lowest BCUT2D eigenvalue weighted by Gasteiger charge is -2.02. The highest BCUT2D eigenvalue weighted by molar-refractivity contribution is 5.55. The smallest absolute Gasteiger partial charge is 0.153 e. The molecular weight excluding hydrogens is 214 g/mol. The minimum atomic E-state index is 0.417. The second-order valence-electron chi connectivity index (χ2n) is 3.66. The van der Waals surface area contributed by atoms with E-state index in [1.54, 1.807) is 16.9 Å². The lowest BCUT2D eigenvalue weighted by Crippen LogP contribution is -2.04. The summed E-state index contributed by atoms with van der Waals surface area (Å²) in [6.07, 6.45) is 3.49. The number of imidazole rings is 1. The first-order valence-corrected chi connectivity index (χ1v) is 5.33. The summed E-state index contributed by atoms with van der Waals surface area (Å²) in [5, 5.41) is 4.49. The van der Waals surface area contributed by atoms with Gasteiger partial charge in [-0.05, 0) is 24.3 Å². The van der Waals surface area contributed by atoms with Gasteiger partial charge in [-0.3, -0.25) is 4.98 Å². The molecule has 0 bridgehead atoms. The SMILES string of the molecule is NCc1cnc2ccc(-c3ccccn3)nn12. The van der Waals surface area contributed by atoms with Crippen molar-refractivity contribution in [3.63, 3.8) is 0 Å². The molecule has 3 aromatic heterocycles. The predicted octanol–water partition coefficient (Wildman–Crippen LogP) is 1.25. The average molecular weight is 225 g/mol. The third kappa shape index (κ3) is 1.66. The Morgan fingerprint density at radius 2 is 2.00 bits per heavy atom. The van der Waals surface area contributed by atoms with Crippen molar-refractivity contribution in [2.24, 2.45) is 5.73 Å².